The Kier molecular flexibility index (Phi) is 5.48. The van der Waals surface area contributed by atoms with Gasteiger partial charge in [0.15, 0.2) is 5.69 Å². The number of benzene rings is 1. The van der Waals surface area contributed by atoms with E-state index in [1.165, 1.54) is 41.2 Å². The molecule has 9 nitrogen and oxygen atoms in total. The van der Waals surface area contributed by atoms with E-state index in [-0.39, 0.29) is 17.3 Å². The summed E-state index contributed by atoms with van der Waals surface area (Å²) in [6.45, 7) is 3.59. The van der Waals surface area contributed by atoms with Crippen molar-refractivity contribution in [3.05, 3.63) is 52.3 Å². The van der Waals surface area contributed by atoms with Gasteiger partial charge in [0.2, 0.25) is 0 Å². The van der Waals surface area contributed by atoms with Gasteiger partial charge in [0, 0.05) is 18.3 Å². The summed E-state index contributed by atoms with van der Waals surface area (Å²) in [5.74, 6) is -1.91. The Morgan fingerprint density at radius 1 is 1.32 bits per heavy atom. The van der Waals surface area contributed by atoms with Crippen LogP contribution < -0.4 is 5.32 Å². The number of carbonyl (C=O) groups excluding carboxylic acids is 1. The molecule has 2 N–H and O–H groups in total. The highest BCUT2D eigenvalue weighted by Crippen LogP contribution is 2.15. The third-order valence-electron chi connectivity index (χ3n) is 3.91. The topological polar surface area (TPSA) is 127 Å². The van der Waals surface area contributed by atoms with Gasteiger partial charge < -0.3 is 10.4 Å². The number of aromatic nitrogens is 2. The SMILES string of the molecule is CCC(C)C(NC(=O)c1ccn(-c2ccc([N+](=O)[O-])cc2)n1)C(=O)O. The summed E-state index contributed by atoms with van der Waals surface area (Å²) in [5, 5.41) is 26.5. The number of nitro benzene ring substituents is 1. The zero-order chi connectivity index (χ0) is 18.6. The van der Waals surface area contributed by atoms with Crippen molar-refractivity contribution in [3.63, 3.8) is 0 Å². The Morgan fingerprint density at radius 2 is 1.96 bits per heavy atom. The first-order valence-corrected chi connectivity index (χ1v) is 7.67. The van der Waals surface area contributed by atoms with Crippen molar-refractivity contribution in [1.82, 2.24) is 15.1 Å². The first-order valence-electron chi connectivity index (χ1n) is 7.67. The molecule has 0 bridgehead atoms. The monoisotopic (exact) mass is 346 g/mol. The minimum absolute atomic E-state index is 0.0493. The maximum absolute atomic E-state index is 12.2. The second-order valence-corrected chi connectivity index (χ2v) is 5.59. The Labute approximate surface area is 143 Å². The number of carbonyl (C=O) groups is 2. The highest BCUT2D eigenvalue weighted by atomic mass is 16.6. The number of nitro groups is 1. The molecule has 0 radical (unpaired) electrons. The number of nitrogens with zero attached hydrogens (tertiary/aromatic N) is 3. The zero-order valence-electron chi connectivity index (χ0n) is 13.7. The van der Waals surface area contributed by atoms with Crippen LogP contribution in [0.5, 0.6) is 0 Å². The molecule has 132 valence electrons. The van der Waals surface area contributed by atoms with Crippen molar-refractivity contribution in [3.8, 4) is 5.69 Å². The number of non-ortho nitro benzene ring substituents is 1. The highest BCUT2D eigenvalue weighted by molar-refractivity contribution is 5.95. The number of aliphatic carboxylic acids is 1. The standard InChI is InChI=1S/C16H18N4O5/c1-3-10(2)14(16(22)23)17-15(21)13-8-9-19(18-13)11-4-6-12(7-5-11)20(24)25/h4-10,14H,3H2,1-2H3,(H,17,21)(H,22,23). The Balaban J connectivity index is 2.15. The summed E-state index contributed by atoms with van der Waals surface area (Å²) in [7, 11) is 0. The van der Waals surface area contributed by atoms with Gasteiger partial charge in [-0.3, -0.25) is 14.9 Å². The first-order chi connectivity index (χ1) is 11.8. The molecule has 1 amide bonds. The molecule has 25 heavy (non-hydrogen) atoms. The van der Waals surface area contributed by atoms with Gasteiger partial charge in [-0.05, 0) is 24.1 Å². The molecule has 0 aliphatic carbocycles. The molecule has 1 heterocycles. The van der Waals surface area contributed by atoms with Crippen molar-refractivity contribution in [2.75, 3.05) is 0 Å². The maximum atomic E-state index is 12.2. The lowest BCUT2D eigenvalue weighted by atomic mass is 9.99. The Hall–Kier alpha value is -3.23. The summed E-state index contributed by atoms with van der Waals surface area (Å²) in [6.07, 6.45) is 2.13. The van der Waals surface area contributed by atoms with Crippen molar-refractivity contribution < 1.29 is 19.6 Å². The van der Waals surface area contributed by atoms with Gasteiger partial charge in [-0.2, -0.15) is 5.10 Å². The van der Waals surface area contributed by atoms with E-state index in [4.69, 9.17) is 0 Å². The third-order valence-corrected chi connectivity index (χ3v) is 3.91. The molecule has 2 atom stereocenters. The normalized spacial score (nSPS) is 13.0. The van der Waals surface area contributed by atoms with Gasteiger partial charge in [0.05, 0.1) is 10.6 Å². The van der Waals surface area contributed by atoms with E-state index in [0.717, 1.165) is 0 Å². The van der Waals surface area contributed by atoms with E-state index in [9.17, 15) is 24.8 Å². The number of nitrogens with one attached hydrogen (secondary N) is 1. The van der Waals surface area contributed by atoms with Crippen molar-refractivity contribution in [2.24, 2.45) is 5.92 Å². The number of rotatable bonds is 7. The molecule has 2 rings (SSSR count). The van der Waals surface area contributed by atoms with Crippen LogP contribution in [0.25, 0.3) is 5.69 Å². The largest absolute Gasteiger partial charge is 0.480 e. The van der Waals surface area contributed by atoms with Gasteiger partial charge in [0.25, 0.3) is 11.6 Å². The zero-order valence-corrected chi connectivity index (χ0v) is 13.7. The van der Waals surface area contributed by atoms with E-state index in [1.807, 2.05) is 6.92 Å². The lowest BCUT2D eigenvalue weighted by Crippen LogP contribution is -2.45. The van der Waals surface area contributed by atoms with Crippen LogP contribution in [0.2, 0.25) is 0 Å². The average molecular weight is 346 g/mol. The third kappa shape index (κ3) is 4.19. The van der Waals surface area contributed by atoms with Crippen molar-refractivity contribution >= 4 is 17.6 Å². The molecule has 0 saturated carbocycles. The number of carboxylic acids is 1. The first kappa shape index (κ1) is 18.1. The molecule has 0 fully saturated rings. The summed E-state index contributed by atoms with van der Waals surface area (Å²) in [5.41, 5.74) is 0.556. The lowest BCUT2D eigenvalue weighted by molar-refractivity contribution is -0.384. The molecule has 2 aromatic rings. The van der Waals surface area contributed by atoms with Gasteiger partial charge in [0.1, 0.15) is 6.04 Å². The van der Waals surface area contributed by atoms with Gasteiger partial charge in [-0.15, -0.1) is 0 Å². The van der Waals surface area contributed by atoms with Crippen LogP contribution >= 0.6 is 0 Å². The summed E-state index contributed by atoms with van der Waals surface area (Å²) in [6, 6.07) is 6.13. The van der Waals surface area contributed by atoms with Gasteiger partial charge in [-0.1, -0.05) is 20.3 Å². The molecule has 0 spiro atoms. The van der Waals surface area contributed by atoms with Crippen LogP contribution in [0, 0.1) is 16.0 Å². The fourth-order valence-corrected chi connectivity index (χ4v) is 2.21. The lowest BCUT2D eigenvalue weighted by Gasteiger charge is -2.19. The highest BCUT2D eigenvalue weighted by Gasteiger charge is 2.26. The molecule has 0 aliphatic rings. The van der Waals surface area contributed by atoms with Crippen LogP contribution in [-0.2, 0) is 4.79 Å². The van der Waals surface area contributed by atoms with Crippen LogP contribution in [0.15, 0.2) is 36.5 Å². The molecular weight excluding hydrogens is 328 g/mol. The van der Waals surface area contributed by atoms with E-state index in [0.29, 0.717) is 12.1 Å². The fraction of sp³-hybridized carbons (Fsp3) is 0.312. The molecule has 9 heteroatoms. The minimum Gasteiger partial charge on any atom is -0.480 e. The predicted octanol–water partition coefficient (Wildman–Crippen LogP) is 2.01. The van der Waals surface area contributed by atoms with Gasteiger partial charge in [-0.25, -0.2) is 9.48 Å². The van der Waals surface area contributed by atoms with E-state index in [2.05, 4.69) is 10.4 Å². The smallest absolute Gasteiger partial charge is 0.326 e. The number of amides is 1. The number of hydrogen-bond donors (Lipinski definition) is 2. The van der Waals surface area contributed by atoms with E-state index >= 15 is 0 Å². The van der Waals surface area contributed by atoms with E-state index in [1.54, 1.807) is 6.92 Å². The van der Waals surface area contributed by atoms with Crippen molar-refractivity contribution in [1.29, 1.82) is 0 Å². The second-order valence-electron chi connectivity index (χ2n) is 5.59. The molecule has 1 aromatic carbocycles. The summed E-state index contributed by atoms with van der Waals surface area (Å²) >= 11 is 0. The minimum atomic E-state index is -1.10. The Bertz CT molecular complexity index is 784. The predicted molar refractivity (Wildman–Crippen MR) is 88.6 cm³/mol. The average Bonchev–Trinajstić information content (AvgIpc) is 3.08. The molecular formula is C16H18N4O5. The summed E-state index contributed by atoms with van der Waals surface area (Å²) in [4.78, 5) is 33.7. The number of carboxylic acid groups (broad SMARTS) is 1. The Morgan fingerprint density at radius 3 is 2.48 bits per heavy atom. The fourth-order valence-electron chi connectivity index (χ4n) is 2.21. The van der Waals surface area contributed by atoms with Crippen LogP contribution in [0.4, 0.5) is 5.69 Å². The van der Waals surface area contributed by atoms with Gasteiger partial charge >= 0.3 is 5.97 Å². The quantitative estimate of drug-likeness (QED) is 0.583. The summed E-state index contributed by atoms with van der Waals surface area (Å²) < 4.78 is 1.39. The molecule has 0 saturated heterocycles. The van der Waals surface area contributed by atoms with Crippen molar-refractivity contribution in [2.45, 2.75) is 26.3 Å². The molecule has 2 unspecified atom stereocenters. The number of hydrogen-bond acceptors (Lipinski definition) is 5. The molecule has 0 aliphatic heterocycles. The van der Waals surface area contributed by atoms with Crippen LogP contribution in [0.1, 0.15) is 30.8 Å². The van der Waals surface area contributed by atoms with Crippen LogP contribution in [0.3, 0.4) is 0 Å². The van der Waals surface area contributed by atoms with Crippen LogP contribution in [-0.4, -0.2) is 37.7 Å². The molecule has 1 aromatic heterocycles. The second kappa shape index (κ2) is 7.56. The van der Waals surface area contributed by atoms with E-state index < -0.39 is 22.8 Å². The maximum Gasteiger partial charge on any atom is 0.326 e.